The zero-order valence-electron chi connectivity index (χ0n) is 9.62. The number of nitrogens with one attached hydrogen (secondary N) is 1. The van der Waals surface area contributed by atoms with E-state index in [0.29, 0.717) is 0 Å². The summed E-state index contributed by atoms with van der Waals surface area (Å²) >= 11 is 0. The molecule has 3 nitrogen and oxygen atoms in total. The fraction of sp³-hybridized carbons (Fsp3) is 0.667. The molecule has 1 saturated heterocycles. The van der Waals surface area contributed by atoms with Crippen LogP contribution in [0.15, 0.2) is 16.5 Å². The Bertz CT molecular complexity index is 308. The molecule has 1 aliphatic rings. The van der Waals surface area contributed by atoms with E-state index in [4.69, 9.17) is 4.42 Å². The van der Waals surface area contributed by atoms with E-state index in [9.17, 15) is 0 Å². The predicted molar refractivity (Wildman–Crippen MR) is 60.5 cm³/mol. The second-order valence-corrected chi connectivity index (χ2v) is 4.53. The van der Waals surface area contributed by atoms with Crippen molar-refractivity contribution in [3.63, 3.8) is 0 Å². The van der Waals surface area contributed by atoms with Gasteiger partial charge in [-0.2, -0.15) is 0 Å². The van der Waals surface area contributed by atoms with Crippen LogP contribution in [0.1, 0.15) is 24.9 Å². The third-order valence-corrected chi connectivity index (χ3v) is 2.96. The Morgan fingerprint density at radius 3 is 2.93 bits per heavy atom. The van der Waals surface area contributed by atoms with Gasteiger partial charge >= 0.3 is 0 Å². The fourth-order valence-corrected chi connectivity index (χ4v) is 2.17. The van der Waals surface area contributed by atoms with Gasteiger partial charge in [-0.05, 0) is 38.1 Å². The first-order valence-electron chi connectivity index (χ1n) is 5.72. The van der Waals surface area contributed by atoms with Crippen molar-refractivity contribution in [2.75, 3.05) is 20.1 Å². The van der Waals surface area contributed by atoms with Crippen molar-refractivity contribution in [3.8, 4) is 0 Å². The lowest BCUT2D eigenvalue weighted by atomic mass is 10.2. The Hall–Kier alpha value is -0.800. The molecule has 0 radical (unpaired) electrons. The van der Waals surface area contributed by atoms with E-state index in [1.165, 1.54) is 19.5 Å². The number of nitrogens with zero attached hydrogens (tertiary/aromatic N) is 1. The van der Waals surface area contributed by atoms with Crippen molar-refractivity contribution in [1.29, 1.82) is 0 Å². The second kappa shape index (κ2) is 4.81. The lowest BCUT2D eigenvalue weighted by Gasteiger charge is -2.12. The van der Waals surface area contributed by atoms with E-state index in [1.807, 2.05) is 7.05 Å². The average molecular weight is 208 g/mol. The minimum atomic E-state index is 0.816. The Kier molecular flexibility index (Phi) is 3.44. The van der Waals surface area contributed by atoms with Gasteiger partial charge in [-0.3, -0.25) is 4.90 Å². The largest absolute Gasteiger partial charge is 0.463 e. The van der Waals surface area contributed by atoms with E-state index in [0.717, 1.165) is 30.5 Å². The molecule has 0 amide bonds. The van der Waals surface area contributed by atoms with Gasteiger partial charge in [-0.1, -0.05) is 6.92 Å². The third kappa shape index (κ3) is 2.83. The zero-order chi connectivity index (χ0) is 10.7. The standard InChI is InChI=1S/C12H20N2O/c1-10-5-6-14(8-10)9-12-4-3-11(15-12)7-13-2/h3-4,10,13H,5-9H2,1-2H3. The molecule has 1 fully saturated rings. The molecule has 0 aliphatic carbocycles. The molecule has 2 rings (SSSR count). The number of likely N-dealkylation sites (tertiary alicyclic amines) is 1. The van der Waals surface area contributed by atoms with Crippen LogP contribution in [-0.2, 0) is 13.1 Å². The van der Waals surface area contributed by atoms with Crippen molar-refractivity contribution >= 4 is 0 Å². The molecule has 1 aromatic heterocycles. The SMILES string of the molecule is CNCc1ccc(CN2CCC(C)C2)o1. The summed E-state index contributed by atoms with van der Waals surface area (Å²) in [5.41, 5.74) is 0. The molecule has 1 N–H and O–H groups in total. The smallest absolute Gasteiger partial charge is 0.118 e. The fourth-order valence-electron chi connectivity index (χ4n) is 2.17. The van der Waals surface area contributed by atoms with E-state index < -0.39 is 0 Å². The molecule has 1 atom stereocenters. The van der Waals surface area contributed by atoms with E-state index in [-0.39, 0.29) is 0 Å². The van der Waals surface area contributed by atoms with Gasteiger partial charge in [-0.25, -0.2) is 0 Å². The number of hydrogen-bond donors (Lipinski definition) is 1. The molecule has 1 aliphatic heterocycles. The summed E-state index contributed by atoms with van der Waals surface area (Å²) in [6.45, 7) is 6.52. The van der Waals surface area contributed by atoms with Crippen molar-refractivity contribution in [2.24, 2.45) is 5.92 Å². The highest BCUT2D eigenvalue weighted by molar-refractivity contribution is 5.07. The topological polar surface area (TPSA) is 28.4 Å². The molecular formula is C12H20N2O. The molecule has 1 unspecified atom stereocenters. The first-order valence-corrected chi connectivity index (χ1v) is 5.72. The minimum absolute atomic E-state index is 0.816. The van der Waals surface area contributed by atoms with Crippen molar-refractivity contribution in [1.82, 2.24) is 10.2 Å². The highest BCUT2D eigenvalue weighted by Crippen LogP contribution is 2.18. The van der Waals surface area contributed by atoms with Gasteiger partial charge in [0.15, 0.2) is 0 Å². The highest BCUT2D eigenvalue weighted by atomic mass is 16.3. The van der Waals surface area contributed by atoms with E-state index in [2.05, 4.69) is 29.3 Å². The number of rotatable bonds is 4. The Morgan fingerprint density at radius 1 is 1.47 bits per heavy atom. The highest BCUT2D eigenvalue weighted by Gasteiger charge is 2.19. The predicted octanol–water partition coefficient (Wildman–Crippen LogP) is 1.84. The summed E-state index contributed by atoms with van der Waals surface area (Å²) in [6.07, 6.45) is 1.32. The van der Waals surface area contributed by atoms with Crippen molar-refractivity contribution < 1.29 is 4.42 Å². The van der Waals surface area contributed by atoms with Crippen LogP contribution in [0.3, 0.4) is 0 Å². The maximum atomic E-state index is 5.72. The van der Waals surface area contributed by atoms with Crippen LogP contribution in [-0.4, -0.2) is 25.0 Å². The quantitative estimate of drug-likeness (QED) is 0.818. The summed E-state index contributed by atoms with van der Waals surface area (Å²) in [4.78, 5) is 2.46. The lowest BCUT2D eigenvalue weighted by Crippen LogP contribution is -2.19. The average Bonchev–Trinajstić information content (AvgIpc) is 2.78. The molecular weight excluding hydrogens is 188 g/mol. The third-order valence-electron chi connectivity index (χ3n) is 2.96. The summed E-state index contributed by atoms with van der Waals surface area (Å²) < 4.78 is 5.72. The van der Waals surface area contributed by atoms with Gasteiger partial charge in [0.05, 0.1) is 13.1 Å². The summed E-state index contributed by atoms with van der Waals surface area (Å²) in [7, 11) is 1.93. The van der Waals surface area contributed by atoms with Crippen molar-refractivity contribution in [2.45, 2.75) is 26.4 Å². The molecule has 1 aromatic rings. The van der Waals surface area contributed by atoms with Crippen LogP contribution in [0.4, 0.5) is 0 Å². The van der Waals surface area contributed by atoms with E-state index >= 15 is 0 Å². The van der Waals surface area contributed by atoms with Crippen molar-refractivity contribution in [3.05, 3.63) is 23.7 Å². The molecule has 15 heavy (non-hydrogen) atoms. The Labute approximate surface area is 91.4 Å². The molecule has 0 spiro atoms. The van der Waals surface area contributed by atoms with Crippen LogP contribution in [0.5, 0.6) is 0 Å². The first kappa shape index (κ1) is 10.7. The number of furan rings is 1. The van der Waals surface area contributed by atoms with Gasteiger partial charge in [0.25, 0.3) is 0 Å². The summed E-state index contributed by atoms with van der Waals surface area (Å²) in [5, 5.41) is 3.09. The normalized spacial score (nSPS) is 22.4. The van der Waals surface area contributed by atoms with Crippen LogP contribution in [0.25, 0.3) is 0 Å². The molecule has 0 saturated carbocycles. The second-order valence-electron chi connectivity index (χ2n) is 4.53. The van der Waals surface area contributed by atoms with Crippen LogP contribution < -0.4 is 5.32 Å². The Morgan fingerprint density at radius 2 is 2.27 bits per heavy atom. The van der Waals surface area contributed by atoms with Gasteiger partial charge in [0.1, 0.15) is 11.5 Å². The zero-order valence-corrected chi connectivity index (χ0v) is 9.62. The molecule has 2 heterocycles. The molecule has 84 valence electrons. The maximum Gasteiger partial charge on any atom is 0.118 e. The van der Waals surface area contributed by atoms with E-state index in [1.54, 1.807) is 0 Å². The Balaban J connectivity index is 1.87. The van der Waals surface area contributed by atoms with Gasteiger partial charge in [-0.15, -0.1) is 0 Å². The maximum absolute atomic E-state index is 5.72. The number of hydrogen-bond acceptors (Lipinski definition) is 3. The molecule has 3 heteroatoms. The first-order chi connectivity index (χ1) is 7.28. The van der Waals surface area contributed by atoms with Gasteiger partial charge in [0, 0.05) is 6.54 Å². The molecule has 0 bridgehead atoms. The van der Waals surface area contributed by atoms with Crippen LogP contribution >= 0.6 is 0 Å². The summed E-state index contributed by atoms with van der Waals surface area (Å²) in [5.74, 6) is 2.96. The van der Waals surface area contributed by atoms with Crippen LogP contribution in [0, 0.1) is 5.92 Å². The monoisotopic (exact) mass is 208 g/mol. The van der Waals surface area contributed by atoms with Crippen LogP contribution in [0.2, 0.25) is 0 Å². The van der Waals surface area contributed by atoms with Gasteiger partial charge < -0.3 is 9.73 Å². The van der Waals surface area contributed by atoms with Gasteiger partial charge in [0.2, 0.25) is 0 Å². The molecule has 0 aromatic carbocycles. The lowest BCUT2D eigenvalue weighted by molar-refractivity contribution is 0.284. The minimum Gasteiger partial charge on any atom is -0.463 e. The summed E-state index contributed by atoms with van der Waals surface area (Å²) in [6, 6.07) is 4.15.